The molecule has 4 nitrogen and oxygen atoms in total. The minimum absolute atomic E-state index is 0.0715. The fraction of sp³-hybridized carbons (Fsp3) is 0.722. The maximum absolute atomic E-state index is 14.8. The third kappa shape index (κ3) is 2.36. The van der Waals surface area contributed by atoms with Gasteiger partial charge in [-0.15, -0.1) is 0 Å². The van der Waals surface area contributed by atoms with Crippen LogP contribution in [0.4, 0.5) is 17.6 Å². The van der Waals surface area contributed by atoms with Crippen LogP contribution >= 0.6 is 0 Å². The van der Waals surface area contributed by atoms with Gasteiger partial charge >= 0.3 is 6.18 Å². The third-order valence-electron chi connectivity index (χ3n) is 6.41. The van der Waals surface area contributed by atoms with E-state index in [4.69, 9.17) is 0 Å². The van der Waals surface area contributed by atoms with Gasteiger partial charge < -0.3 is 5.32 Å². The molecule has 1 fully saturated rings. The van der Waals surface area contributed by atoms with Crippen molar-refractivity contribution in [2.24, 2.45) is 27.0 Å². The molecule has 1 N–H and O–H groups in total. The van der Waals surface area contributed by atoms with Crippen LogP contribution in [0.1, 0.15) is 46.0 Å². The highest BCUT2D eigenvalue weighted by molar-refractivity contribution is 6.03. The number of azo groups is 1. The van der Waals surface area contributed by atoms with Crippen molar-refractivity contribution < 1.29 is 22.4 Å². The molecule has 2 atom stereocenters. The number of rotatable bonds is 0. The lowest BCUT2D eigenvalue weighted by Gasteiger charge is -2.51. The van der Waals surface area contributed by atoms with Gasteiger partial charge in [-0.3, -0.25) is 4.79 Å². The first-order chi connectivity index (χ1) is 12.1. The molecule has 0 aromatic carbocycles. The van der Waals surface area contributed by atoms with E-state index in [0.717, 1.165) is 0 Å². The van der Waals surface area contributed by atoms with Gasteiger partial charge in [-0.2, -0.15) is 23.4 Å². The van der Waals surface area contributed by atoms with Gasteiger partial charge in [0.25, 0.3) is 0 Å². The largest absolute Gasteiger partial charge is 0.391 e. The predicted molar refractivity (Wildman–Crippen MR) is 85.6 cm³/mol. The summed E-state index contributed by atoms with van der Waals surface area (Å²) in [5.74, 6) is -1.97. The van der Waals surface area contributed by atoms with Crippen LogP contribution in [0.2, 0.25) is 0 Å². The first kappa shape index (κ1) is 17.7. The topological polar surface area (TPSA) is 53.8 Å². The number of hydrogen-bond donors (Lipinski definition) is 1. The van der Waals surface area contributed by atoms with Crippen molar-refractivity contribution in [3.05, 3.63) is 23.0 Å². The Balaban J connectivity index is 1.78. The van der Waals surface area contributed by atoms with E-state index in [-0.39, 0.29) is 25.7 Å². The van der Waals surface area contributed by atoms with Crippen molar-refractivity contribution in [2.75, 3.05) is 0 Å². The average Bonchev–Trinajstić information content (AvgIpc) is 3.01. The molecule has 0 radical (unpaired) electrons. The summed E-state index contributed by atoms with van der Waals surface area (Å²) < 4.78 is 54.2. The van der Waals surface area contributed by atoms with E-state index in [0.29, 0.717) is 23.3 Å². The maximum Gasteiger partial charge on any atom is 0.391 e. The number of allylic oxidation sites excluding steroid dienone is 2. The van der Waals surface area contributed by atoms with E-state index in [1.54, 1.807) is 13.8 Å². The summed E-state index contributed by atoms with van der Waals surface area (Å²) in [4.78, 5) is 12.9. The molecule has 1 spiro atoms. The Hall–Kier alpha value is -1.73. The molecule has 0 aromatic heterocycles. The average molecular weight is 371 g/mol. The number of Topliss-reactive ketones (excluding diaryl/α,β-unsaturated/α-hetero) is 1. The zero-order chi connectivity index (χ0) is 18.9. The molecule has 1 saturated carbocycles. The molecule has 4 aliphatic rings. The van der Waals surface area contributed by atoms with E-state index >= 15 is 0 Å². The molecule has 0 amide bonds. The van der Waals surface area contributed by atoms with Gasteiger partial charge in [0, 0.05) is 27.7 Å². The van der Waals surface area contributed by atoms with E-state index in [2.05, 4.69) is 15.5 Å². The molecule has 2 aliphatic carbocycles. The van der Waals surface area contributed by atoms with Gasteiger partial charge in [0.15, 0.2) is 18.1 Å². The third-order valence-corrected chi connectivity index (χ3v) is 6.41. The number of nitrogens with one attached hydrogen (secondary N) is 1. The van der Waals surface area contributed by atoms with Gasteiger partial charge in [0.05, 0.1) is 12.1 Å². The Morgan fingerprint density at radius 2 is 1.88 bits per heavy atom. The van der Waals surface area contributed by atoms with Gasteiger partial charge in [-0.25, -0.2) is 4.39 Å². The van der Waals surface area contributed by atoms with Gasteiger partial charge in [0.1, 0.15) is 0 Å². The van der Waals surface area contributed by atoms with Crippen LogP contribution in [0.3, 0.4) is 0 Å². The zero-order valence-electron chi connectivity index (χ0n) is 14.7. The number of fused-ring (bicyclic) bond motifs is 3. The molecule has 2 aliphatic heterocycles. The fourth-order valence-electron chi connectivity index (χ4n) is 4.98. The Bertz CT molecular complexity index is 742. The summed E-state index contributed by atoms with van der Waals surface area (Å²) in [5, 5.41) is 11.2. The number of carbonyl (C=O) groups excluding carboxylic acids is 1. The number of carbonyl (C=O) groups is 1. The van der Waals surface area contributed by atoms with Crippen molar-refractivity contribution in [1.82, 2.24) is 5.32 Å². The number of hydrogen-bond acceptors (Lipinski definition) is 4. The first-order valence-electron chi connectivity index (χ1n) is 8.92. The van der Waals surface area contributed by atoms with Crippen LogP contribution in [0, 0.1) is 16.7 Å². The van der Waals surface area contributed by atoms with Crippen LogP contribution in [0.15, 0.2) is 33.3 Å². The van der Waals surface area contributed by atoms with Crippen LogP contribution in [-0.2, 0) is 4.79 Å². The van der Waals surface area contributed by atoms with E-state index in [1.807, 2.05) is 0 Å². The monoisotopic (exact) mass is 371 g/mol. The molecule has 0 bridgehead atoms. The molecule has 8 heteroatoms. The SMILES string of the molecule is CC1(C)CC2=C(C(=O)C1F)C1(CCC(C(F)(F)F)CC1)C1=CN=NC1N2. The second-order valence-corrected chi connectivity index (χ2v) is 8.51. The highest BCUT2D eigenvalue weighted by Crippen LogP contribution is 2.59. The Morgan fingerprint density at radius 1 is 1.23 bits per heavy atom. The quantitative estimate of drug-likeness (QED) is 0.633. The molecule has 2 unspecified atom stereocenters. The molecule has 0 saturated heterocycles. The predicted octanol–water partition coefficient (Wildman–Crippen LogP) is 4.60. The molecular weight excluding hydrogens is 350 g/mol. The zero-order valence-corrected chi connectivity index (χ0v) is 14.7. The molecule has 26 heavy (non-hydrogen) atoms. The highest BCUT2D eigenvalue weighted by atomic mass is 19.4. The van der Waals surface area contributed by atoms with E-state index in [9.17, 15) is 22.4 Å². The van der Waals surface area contributed by atoms with Crippen LogP contribution in [0.25, 0.3) is 0 Å². The van der Waals surface area contributed by atoms with Crippen molar-refractivity contribution in [3.8, 4) is 0 Å². The molecule has 2 heterocycles. The molecule has 0 aromatic rings. The molecular formula is C18H21F4N3O. The van der Waals surface area contributed by atoms with Crippen molar-refractivity contribution in [3.63, 3.8) is 0 Å². The lowest BCUT2D eigenvalue weighted by atomic mass is 9.56. The number of halogens is 4. The lowest BCUT2D eigenvalue weighted by molar-refractivity contribution is -0.185. The lowest BCUT2D eigenvalue weighted by Crippen LogP contribution is -2.54. The summed E-state index contributed by atoms with van der Waals surface area (Å²) in [6, 6.07) is 0. The van der Waals surface area contributed by atoms with Crippen molar-refractivity contribution in [1.29, 1.82) is 0 Å². The van der Waals surface area contributed by atoms with Crippen molar-refractivity contribution in [2.45, 2.75) is 64.5 Å². The molecule has 4 rings (SSSR count). The van der Waals surface area contributed by atoms with E-state index in [1.165, 1.54) is 6.20 Å². The first-order valence-corrected chi connectivity index (χ1v) is 8.92. The number of ketones is 1. The highest BCUT2D eigenvalue weighted by Gasteiger charge is 2.58. The Labute approximate surface area is 148 Å². The van der Waals surface area contributed by atoms with Crippen LogP contribution < -0.4 is 5.32 Å². The van der Waals surface area contributed by atoms with Gasteiger partial charge in [-0.05, 0) is 32.1 Å². The second kappa shape index (κ2) is 5.39. The summed E-state index contributed by atoms with van der Waals surface area (Å²) in [6.07, 6.45) is -4.30. The standard InChI is InChI=1S/C18H21F4N3O/c1-16(2)7-11-12(13(26)14(16)19)17(10-8-23-25-15(10)24-11)5-3-9(4-6-17)18(20,21)22/h8-9,14-15,24H,3-7H2,1-2H3. The van der Waals surface area contributed by atoms with Crippen molar-refractivity contribution >= 4 is 5.78 Å². The van der Waals surface area contributed by atoms with Gasteiger partial charge in [0.2, 0.25) is 0 Å². The molecule has 142 valence electrons. The Morgan fingerprint density at radius 3 is 2.50 bits per heavy atom. The van der Waals surface area contributed by atoms with Gasteiger partial charge in [-0.1, -0.05) is 13.8 Å². The Kier molecular flexibility index (Phi) is 3.66. The minimum Gasteiger partial charge on any atom is -0.362 e. The normalized spacial score (nSPS) is 38.8. The summed E-state index contributed by atoms with van der Waals surface area (Å²) >= 11 is 0. The number of nitrogens with zero attached hydrogens (tertiary/aromatic N) is 2. The fourth-order valence-corrected chi connectivity index (χ4v) is 4.98. The smallest absolute Gasteiger partial charge is 0.362 e. The van der Waals surface area contributed by atoms with Crippen LogP contribution in [0.5, 0.6) is 0 Å². The van der Waals surface area contributed by atoms with Crippen LogP contribution in [-0.4, -0.2) is 24.3 Å². The summed E-state index contributed by atoms with van der Waals surface area (Å²) in [6.45, 7) is 3.38. The summed E-state index contributed by atoms with van der Waals surface area (Å²) in [7, 11) is 0. The number of alkyl halides is 4. The maximum atomic E-state index is 14.8. The minimum atomic E-state index is -4.24. The summed E-state index contributed by atoms with van der Waals surface area (Å²) in [5.41, 5.74) is -0.0715. The second-order valence-electron chi connectivity index (χ2n) is 8.51. The van der Waals surface area contributed by atoms with E-state index < -0.39 is 41.0 Å².